The predicted molar refractivity (Wildman–Crippen MR) is 124 cm³/mol. The fraction of sp³-hybridized carbons (Fsp3) is 0.250. The standard InChI is InChI=1S/C24H21F5O5S2/c1-22(2,30)16-8-12-19(13-9-16)35(18-6-4-3-5-7-18)20-14-10-17(11-15-20)34-21(23(25,26)27)24(28,29)36(31,32)33/h3-15,21,30H,1-2H3/p+1. The minimum absolute atomic E-state index is 0.606. The van der Waals surface area contributed by atoms with Crippen LogP contribution in [0.3, 0.4) is 0 Å². The molecule has 3 aromatic rings. The van der Waals surface area contributed by atoms with E-state index in [1.165, 1.54) is 12.1 Å². The minimum Gasteiger partial charge on any atom is -0.473 e. The molecule has 0 heterocycles. The number of aliphatic hydroxyl groups is 1. The highest BCUT2D eigenvalue weighted by Crippen LogP contribution is 2.39. The summed E-state index contributed by atoms with van der Waals surface area (Å²) in [5.41, 5.74) is -0.397. The van der Waals surface area contributed by atoms with Gasteiger partial charge in [-0.1, -0.05) is 30.3 Å². The van der Waals surface area contributed by atoms with Crippen molar-refractivity contribution in [3.8, 4) is 5.75 Å². The van der Waals surface area contributed by atoms with Gasteiger partial charge in [-0.15, -0.1) is 0 Å². The molecule has 12 heteroatoms. The maximum Gasteiger partial charge on any atom is 0.432 e. The second kappa shape index (κ2) is 10.0. The van der Waals surface area contributed by atoms with Crippen molar-refractivity contribution in [2.45, 2.75) is 51.7 Å². The third-order valence-corrected chi connectivity index (χ3v) is 8.17. The van der Waals surface area contributed by atoms with Crippen molar-refractivity contribution in [2.24, 2.45) is 0 Å². The molecule has 0 fully saturated rings. The zero-order chi connectivity index (χ0) is 26.9. The Labute approximate surface area is 207 Å². The molecule has 0 aliphatic rings. The van der Waals surface area contributed by atoms with Gasteiger partial charge in [0, 0.05) is 0 Å². The highest BCUT2D eigenvalue weighted by atomic mass is 32.2. The summed E-state index contributed by atoms with van der Waals surface area (Å²) in [6.45, 7) is 3.27. The first kappa shape index (κ1) is 27.9. The fourth-order valence-electron chi connectivity index (χ4n) is 3.22. The molecule has 0 aromatic heterocycles. The summed E-state index contributed by atoms with van der Waals surface area (Å²) < 4.78 is 102. The molecule has 0 aliphatic heterocycles. The molecule has 3 aromatic carbocycles. The summed E-state index contributed by atoms with van der Waals surface area (Å²) in [7, 11) is -7.17. The molecular weight excluding hydrogens is 527 g/mol. The largest absolute Gasteiger partial charge is 0.473 e. The second-order valence-electron chi connectivity index (χ2n) is 8.25. The molecule has 0 spiro atoms. The van der Waals surface area contributed by atoms with Crippen molar-refractivity contribution in [2.75, 3.05) is 0 Å². The van der Waals surface area contributed by atoms with Gasteiger partial charge in [0.15, 0.2) is 14.7 Å². The lowest BCUT2D eigenvalue weighted by Crippen LogP contribution is -2.53. The average Bonchev–Trinajstić information content (AvgIpc) is 2.77. The zero-order valence-corrected chi connectivity index (χ0v) is 20.5. The average molecular weight is 550 g/mol. The van der Waals surface area contributed by atoms with Crippen molar-refractivity contribution < 1.29 is 44.8 Å². The Bertz CT molecular complexity index is 1270. The Hall–Kier alpha value is -2.67. The SMILES string of the molecule is CC(C)(O)c1ccc([S+](c2ccccc2)c2ccc(OC(C(F)(F)F)C(F)(F)S(=O)(=O)O)cc2)cc1. The first-order valence-corrected chi connectivity index (χ1v) is 13.0. The van der Waals surface area contributed by atoms with Gasteiger partial charge in [0.1, 0.15) is 5.75 Å². The molecule has 0 saturated carbocycles. The van der Waals surface area contributed by atoms with Gasteiger partial charge in [-0.05, 0) is 67.9 Å². The van der Waals surface area contributed by atoms with E-state index in [4.69, 9.17) is 4.55 Å². The van der Waals surface area contributed by atoms with Gasteiger partial charge >= 0.3 is 21.5 Å². The molecule has 0 aliphatic carbocycles. The van der Waals surface area contributed by atoms with Crippen LogP contribution in [0.1, 0.15) is 19.4 Å². The van der Waals surface area contributed by atoms with Crippen LogP contribution in [0.4, 0.5) is 22.0 Å². The van der Waals surface area contributed by atoms with Gasteiger partial charge < -0.3 is 9.84 Å². The molecule has 3 rings (SSSR count). The van der Waals surface area contributed by atoms with E-state index in [0.717, 1.165) is 21.9 Å². The van der Waals surface area contributed by atoms with E-state index in [9.17, 15) is 35.5 Å². The third kappa shape index (κ3) is 6.17. The molecule has 36 heavy (non-hydrogen) atoms. The highest BCUT2D eigenvalue weighted by Gasteiger charge is 2.65. The quantitative estimate of drug-likeness (QED) is 0.211. The Kier molecular flexibility index (Phi) is 7.75. The lowest BCUT2D eigenvalue weighted by molar-refractivity contribution is -0.239. The lowest BCUT2D eigenvalue weighted by atomic mass is 9.99. The first-order valence-electron chi connectivity index (χ1n) is 10.3. The van der Waals surface area contributed by atoms with E-state index >= 15 is 0 Å². The Morgan fingerprint density at radius 3 is 1.64 bits per heavy atom. The smallest absolute Gasteiger partial charge is 0.432 e. The maximum absolute atomic E-state index is 13.8. The number of ether oxygens (including phenoxy) is 1. The van der Waals surface area contributed by atoms with E-state index in [1.54, 1.807) is 38.1 Å². The van der Waals surface area contributed by atoms with Crippen LogP contribution in [-0.4, -0.2) is 35.6 Å². The summed E-state index contributed by atoms with van der Waals surface area (Å²) in [6.07, 6.45) is -9.92. The molecule has 0 amide bonds. The third-order valence-electron chi connectivity index (χ3n) is 5.04. The van der Waals surface area contributed by atoms with Gasteiger partial charge in [-0.3, -0.25) is 4.55 Å². The summed E-state index contributed by atoms with van der Waals surface area (Å²) >= 11 is 0. The van der Waals surface area contributed by atoms with Crippen molar-refractivity contribution >= 4 is 21.0 Å². The number of benzene rings is 3. The Morgan fingerprint density at radius 1 is 0.778 bits per heavy atom. The van der Waals surface area contributed by atoms with E-state index in [-0.39, 0.29) is 0 Å². The van der Waals surface area contributed by atoms with Crippen LogP contribution in [0.2, 0.25) is 0 Å². The van der Waals surface area contributed by atoms with Gasteiger partial charge in [0.05, 0.1) is 16.5 Å². The molecule has 0 bridgehead atoms. The normalized spacial score (nSPS) is 14.8. The molecular formula is C24H22F5O5S2+. The topological polar surface area (TPSA) is 83.8 Å². The number of hydrogen-bond acceptors (Lipinski definition) is 4. The maximum atomic E-state index is 13.8. The van der Waals surface area contributed by atoms with Crippen molar-refractivity contribution in [1.29, 1.82) is 0 Å². The molecule has 2 atom stereocenters. The summed E-state index contributed by atoms with van der Waals surface area (Å²) in [4.78, 5) is 2.27. The van der Waals surface area contributed by atoms with Crippen molar-refractivity contribution in [3.05, 3.63) is 84.4 Å². The van der Waals surface area contributed by atoms with Crippen molar-refractivity contribution in [1.82, 2.24) is 0 Å². The summed E-state index contributed by atoms with van der Waals surface area (Å²) in [5.74, 6) is -0.668. The van der Waals surface area contributed by atoms with E-state index in [1.807, 2.05) is 30.3 Å². The first-order chi connectivity index (χ1) is 16.5. The van der Waals surface area contributed by atoms with Crippen LogP contribution in [-0.2, 0) is 26.6 Å². The second-order valence-corrected chi connectivity index (χ2v) is 11.8. The number of halogens is 5. The Balaban J connectivity index is 1.99. The molecule has 2 N–H and O–H groups in total. The van der Waals surface area contributed by atoms with Gasteiger partial charge in [-0.2, -0.15) is 30.4 Å². The van der Waals surface area contributed by atoms with Crippen molar-refractivity contribution in [3.63, 3.8) is 0 Å². The van der Waals surface area contributed by atoms with E-state index in [0.29, 0.717) is 10.5 Å². The fourth-order valence-corrected chi connectivity index (χ4v) is 5.73. The number of alkyl halides is 5. The van der Waals surface area contributed by atoms with Gasteiger partial charge in [0.2, 0.25) is 0 Å². The van der Waals surface area contributed by atoms with Gasteiger partial charge in [0.25, 0.3) is 6.10 Å². The minimum atomic E-state index is -6.41. The molecule has 0 radical (unpaired) electrons. The summed E-state index contributed by atoms with van der Waals surface area (Å²) in [6, 6.07) is 21.0. The van der Waals surface area contributed by atoms with Crippen LogP contribution in [0, 0.1) is 0 Å². The highest BCUT2D eigenvalue weighted by molar-refractivity contribution is 7.97. The van der Waals surface area contributed by atoms with E-state index < -0.39 is 49.9 Å². The van der Waals surface area contributed by atoms with Crippen LogP contribution in [0.15, 0.2) is 93.5 Å². The summed E-state index contributed by atoms with van der Waals surface area (Å²) in [5, 5.41) is 4.60. The molecule has 194 valence electrons. The van der Waals surface area contributed by atoms with Crippen LogP contribution in [0.25, 0.3) is 0 Å². The van der Waals surface area contributed by atoms with Crippen LogP contribution < -0.4 is 4.74 Å². The zero-order valence-electron chi connectivity index (χ0n) is 18.9. The molecule has 2 unspecified atom stereocenters. The number of hydrogen-bond donors (Lipinski definition) is 2. The lowest BCUT2D eigenvalue weighted by Gasteiger charge is -2.26. The Morgan fingerprint density at radius 2 is 1.22 bits per heavy atom. The van der Waals surface area contributed by atoms with Crippen LogP contribution >= 0.6 is 0 Å². The molecule has 0 saturated heterocycles. The predicted octanol–water partition coefficient (Wildman–Crippen LogP) is 5.80. The van der Waals surface area contributed by atoms with E-state index in [2.05, 4.69) is 4.74 Å². The molecule has 5 nitrogen and oxygen atoms in total. The monoisotopic (exact) mass is 549 g/mol. The number of rotatable bonds is 8. The van der Waals surface area contributed by atoms with Gasteiger partial charge in [-0.25, -0.2) is 0 Å². The van der Waals surface area contributed by atoms with Crippen LogP contribution in [0.5, 0.6) is 5.75 Å².